The van der Waals surface area contributed by atoms with Crippen LogP contribution in [0.4, 0.5) is 5.82 Å². The summed E-state index contributed by atoms with van der Waals surface area (Å²) in [6, 6.07) is 12.2. The van der Waals surface area contributed by atoms with Gasteiger partial charge in [0.15, 0.2) is 0 Å². The fourth-order valence-corrected chi connectivity index (χ4v) is 2.78. The summed E-state index contributed by atoms with van der Waals surface area (Å²) in [4.78, 5) is 18.6. The molecule has 2 aromatic rings. The number of ether oxygens (including phenoxy) is 1. The molecule has 2 heterocycles. The van der Waals surface area contributed by atoms with Gasteiger partial charge in [0.25, 0.3) is 0 Å². The number of fused-ring (bicyclic) bond motifs is 1. The molecule has 0 aliphatic carbocycles. The third kappa shape index (κ3) is 2.46. The van der Waals surface area contributed by atoms with Crippen molar-refractivity contribution in [3.8, 4) is 0 Å². The first kappa shape index (κ1) is 12.9. The minimum absolute atomic E-state index is 0.0398. The number of para-hydroxylation sites is 1. The van der Waals surface area contributed by atoms with Crippen molar-refractivity contribution >= 4 is 22.7 Å². The Balaban J connectivity index is 1.84. The smallest absolute Gasteiger partial charge is 0.310 e. The van der Waals surface area contributed by atoms with Crippen LogP contribution in [0.3, 0.4) is 0 Å². The van der Waals surface area contributed by atoms with Crippen molar-refractivity contribution in [2.45, 2.75) is 12.8 Å². The van der Waals surface area contributed by atoms with Crippen LogP contribution in [-0.2, 0) is 9.53 Å². The molecule has 4 heteroatoms. The molecule has 0 unspecified atom stereocenters. The third-order valence-corrected chi connectivity index (χ3v) is 3.86. The van der Waals surface area contributed by atoms with E-state index in [4.69, 9.17) is 9.72 Å². The molecule has 0 N–H and O–H groups in total. The SMILES string of the molecule is COC(=O)[C@H]1CCCN(c2ccc3ccccc3n2)C1. The molecule has 1 aromatic heterocycles. The van der Waals surface area contributed by atoms with Crippen molar-refractivity contribution in [3.05, 3.63) is 36.4 Å². The molecule has 3 rings (SSSR count). The van der Waals surface area contributed by atoms with Crippen LogP contribution in [0.2, 0.25) is 0 Å². The highest BCUT2D eigenvalue weighted by molar-refractivity contribution is 5.80. The van der Waals surface area contributed by atoms with E-state index in [1.165, 1.54) is 7.11 Å². The number of carbonyl (C=O) groups excluding carboxylic acids is 1. The molecule has 1 aliphatic rings. The van der Waals surface area contributed by atoms with E-state index in [-0.39, 0.29) is 11.9 Å². The van der Waals surface area contributed by atoms with E-state index in [1.807, 2.05) is 24.3 Å². The maximum Gasteiger partial charge on any atom is 0.310 e. The molecule has 1 atom stereocenters. The predicted octanol–water partition coefficient (Wildman–Crippen LogP) is 2.62. The molecule has 1 aliphatic heterocycles. The number of anilines is 1. The number of benzene rings is 1. The summed E-state index contributed by atoms with van der Waals surface area (Å²) >= 11 is 0. The van der Waals surface area contributed by atoms with E-state index in [0.29, 0.717) is 6.54 Å². The molecule has 104 valence electrons. The van der Waals surface area contributed by atoms with Gasteiger partial charge in [-0.2, -0.15) is 0 Å². The minimum atomic E-state index is -0.115. The zero-order chi connectivity index (χ0) is 13.9. The number of aromatic nitrogens is 1. The second-order valence-electron chi connectivity index (χ2n) is 5.17. The second-order valence-corrected chi connectivity index (χ2v) is 5.17. The minimum Gasteiger partial charge on any atom is -0.469 e. The number of hydrogen-bond donors (Lipinski definition) is 0. The molecule has 0 amide bonds. The van der Waals surface area contributed by atoms with Crippen LogP contribution >= 0.6 is 0 Å². The van der Waals surface area contributed by atoms with Gasteiger partial charge in [0.2, 0.25) is 0 Å². The van der Waals surface area contributed by atoms with Crippen LogP contribution < -0.4 is 4.90 Å². The number of esters is 1. The van der Waals surface area contributed by atoms with E-state index in [1.54, 1.807) is 0 Å². The van der Waals surface area contributed by atoms with E-state index >= 15 is 0 Å². The summed E-state index contributed by atoms with van der Waals surface area (Å²) in [5, 5.41) is 1.14. The van der Waals surface area contributed by atoms with Gasteiger partial charge in [-0.25, -0.2) is 4.98 Å². The van der Waals surface area contributed by atoms with Crippen molar-refractivity contribution < 1.29 is 9.53 Å². The Labute approximate surface area is 118 Å². The van der Waals surface area contributed by atoms with Crippen molar-refractivity contribution in [1.29, 1.82) is 0 Å². The van der Waals surface area contributed by atoms with Crippen molar-refractivity contribution in [1.82, 2.24) is 4.98 Å². The Kier molecular flexibility index (Phi) is 3.54. The summed E-state index contributed by atoms with van der Waals surface area (Å²) < 4.78 is 4.86. The Morgan fingerprint density at radius 1 is 1.30 bits per heavy atom. The lowest BCUT2D eigenvalue weighted by molar-refractivity contribution is -0.145. The van der Waals surface area contributed by atoms with Gasteiger partial charge in [-0.1, -0.05) is 18.2 Å². The lowest BCUT2D eigenvalue weighted by Crippen LogP contribution is -2.39. The van der Waals surface area contributed by atoms with Gasteiger partial charge >= 0.3 is 5.97 Å². The molecule has 1 fully saturated rings. The van der Waals surface area contributed by atoms with E-state index in [2.05, 4.69) is 17.0 Å². The monoisotopic (exact) mass is 270 g/mol. The standard InChI is InChI=1S/C16H18N2O2/c1-20-16(19)13-6-4-10-18(11-13)15-9-8-12-5-2-3-7-14(12)17-15/h2-3,5,7-9,13H,4,6,10-11H2,1H3/t13-/m0/s1. The van der Waals surface area contributed by atoms with Crippen LogP contribution in [0.25, 0.3) is 10.9 Å². The van der Waals surface area contributed by atoms with Gasteiger partial charge in [0, 0.05) is 18.5 Å². The van der Waals surface area contributed by atoms with Crippen LogP contribution in [0.5, 0.6) is 0 Å². The molecule has 0 radical (unpaired) electrons. The lowest BCUT2D eigenvalue weighted by atomic mass is 9.98. The first-order chi connectivity index (χ1) is 9.78. The maximum atomic E-state index is 11.7. The summed E-state index contributed by atoms with van der Waals surface area (Å²) in [5.41, 5.74) is 0.991. The van der Waals surface area contributed by atoms with Crippen LogP contribution in [0, 0.1) is 5.92 Å². The molecule has 0 bridgehead atoms. The first-order valence-electron chi connectivity index (χ1n) is 6.96. The topological polar surface area (TPSA) is 42.4 Å². The summed E-state index contributed by atoms with van der Waals surface area (Å²) in [7, 11) is 1.45. The second kappa shape index (κ2) is 5.49. The fraction of sp³-hybridized carbons (Fsp3) is 0.375. The number of rotatable bonds is 2. The lowest BCUT2D eigenvalue weighted by Gasteiger charge is -2.32. The molecule has 1 saturated heterocycles. The summed E-state index contributed by atoms with van der Waals surface area (Å²) in [6.45, 7) is 1.64. The summed E-state index contributed by atoms with van der Waals surface area (Å²) in [5.74, 6) is 0.787. The highest BCUT2D eigenvalue weighted by Gasteiger charge is 2.27. The van der Waals surface area contributed by atoms with Gasteiger partial charge in [0.1, 0.15) is 5.82 Å². The van der Waals surface area contributed by atoms with E-state index in [0.717, 1.165) is 36.1 Å². The van der Waals surface area contributed by atoms with Crippen molar-refractivity contribution in [2.24, 2.45) is 5.92 Å². The van der Waals surface area contributed by atoms with Gasteiger partial charge in [-0.05, 0) is 31.0 Å². The fourth-order valence-electron chi connectivity index (χ4n) is 2.78. The maximum absolute atomic E-state index is 11.7. The van der Waals surface area contributed by atoms with Crippen LogP contribution in [0.15, 0.2) is 36.4 Å². The number of nitrogens with zero attached hydrogens (tertiary/aromatic N) is 2. The molecule has 1 aromatic carbocycles. The molecular formula is C16H18N2O2. The average Bonchev–Trinajstić information content (AvgIpc) is 2.53. The number of piperidine rings is 1. The Morgan fingerprint density at radius 2 is 2.15 bits per heavy atom. The molecule has 20 heavy (non-hydrogen) atoms. The van der Waals surface area contributed by atoms with Crippen LogP contribution in [0.1, 0.15) is 12.8 Å². The van der Waals surface area contributed by atoms with Crippen molar-refractivity contribution in [2.75, 3.05) is 25.1 Å². The third-order valence-electron chi connectivity index (χ3n) is 3.86. The normalized spacial score (nSPS) is 19.1. The van der Waals surface area contributed by atoms with E-state index < -0.39 is 0 Å². The van der Waals surface area contributed by atoms with Gasteiger partial charge in [-0.3, -0.25) is 4.79 Å². The predicted molar refractivity (Wildman–Crippen MR) is 78.7 cm³/mol. The summed E-state index contributed by atoms with van der Waals surface area (Å²) in [6.07, 6.45) is 1.89. The van der Waals surface area contributed by atoms with Gasteiger partial charge in [0.05, 0.1) is 18.5 Å². The molecule has 4 nitrogen and oxygen atoms in total. The number of carbonyl (C=O) groups is 1. The van der Waals surface area contributed by atoms with Gasteiger partial charge in [-0.15, -0.1) is 0 Å². The van der Waals surface area contributed by atoms with Crippen molar-refractivity contribution in [3.63, 3.8) is 0 Å². The highest BCUT2D eigenvalue weighted by atomic mass is 16.5. The van der Waals surface area contributed by atoms with Crippen LogP contribution in [-0.4, -0.2) is 31.2 Å². The highest BCUT2D eigenvalue weighted by Crippen LogP contribution is 2.24. The molecule has 0 saturated carbocycles. The Hall–Kier alpha value is -2.10. The zero-order valence-electron chi connectivity index (χ0n) is 11.6. The van der Waals surface area contributed by atoms with Gasteiger partial charge < -0.3 is 9.64 Å². The number of pyridine rings is 1. The quantitative estimate of drug-likeness (QED) is 0.787. The zero-order valence-corrected chi connectivity index (χ0v) is 11.6. The van der Waals surface area contributed by atoms with E-state index in [9.17, 15) is 4.79 Å². The first-order valence-corrected chi connectivity index (χ1v) is 6.96. The molecular weight excluding hydrogens is 252 g/mol. The number of methoxy groups -OCH3 is 1. The Morgan fingerprint density at radius 3 is 3.00 bits per heavy atom. The largest absolute Gasteiger partial charge is 0.469 e. The average molecular weight is 270 g/mol. The number of hydrogen-bond acceptors (Lipinski definition) is 4. The molecule has 0 spiro atoms. The Bertz CT molecular complexity index is 627.